The van der Waals surface area contributed by atoms with E-state index in [4.69, 9.17) is 11.6 Å². The van der Waals surface area contributed by atoms with Crippen LogP contribution < -0.4 is 10.6 Å². The lowest BCUT2D eigenvalue weighted by atomic mass is 9.92. The number of nitrogens with one attached hydrogen (secondary N) is 2. The standard InChI is InChI=1S/C14H21ClN2O/c1-14(2,3)7-8-17-13(18)11-9-10(15)5-6-12(11)16-4/h5-6,9,16H,7-8H2,1-4H3,(H,17,18). The summed E-state index contributed by atoms with van der Waals surface area (Å²) in [5.41, 5.74) is 1.58. The molecule has 0 saturated carbocycles. The van der Waals surface area contributed by atoms with Gasteiger partial charge in [0.25, 0.3) is 5.91 Å². The third kappa shape index (κ3) is 4.57. The Kier molecular flexibility index (Phi) is 5.03. The fourth-order valence-corrected chi connectivity index (χ4v) is 1.74. The summed E-state index contributed by atoms with van der Waals surface area (Å²) in [5, 5.41) is 6.48. The van der Waals surface area contributed by atoms with Gasteiger partial charge in [0.1, 0.15) is 0 Å². The molecule has 0 heterocycles. The van der Waals surface area contributed by atoms with Gasteiger partial charge in [-0.05, 0) is 30.0 Å². The average molecular weight is 269 g/mol. The van der Waals surface area contributed by atoms with Crippen molar-refractivity contribution < 1.29 is 4.79 Å². The molecule has 1 amide bonds. The zero-order valence-corrected chi connectivity index (χ0v) is 12.2. The zero-order valence-electron chi connectivity index (χ0n) is 11.4. The normalized spacial score (nSPS) is 11.2. The predicted octanol–water partition coefficient (Wildman–Crippen LogP) is 3.55. The number of benzene rings is 1. The first-order valence-corrected chi connectivity index (χ1v) is 6.47. The monoisotopic (exact) mass is 268 g/mol. The van der Waals surface area contributed by atoms with Crippen LogP contribution in [0.4, 0.5) is 5.69 Å². The highest BCUT2D eigenvalue weighted by Crippen LogP contribution is 2.21. The van der Waals surface area contributed by atoms with Crippen molar-refractivity contribution in [3.8, 4) is 0 Å². The summed E-state index contributed by atoms with van der Waals surface area (Å²) in [6, 6.07) is 5.25. The highest BCUT2D eigenvalue weighted by Gasteiger charge is 2.13. The SMILES string of the molecule is CNc1ccc(Cl)cc1C(=O)NCCC(C)(C)C. The summed E-state index contributed by atoms with van der Waals surface area (Å²) in [4.78, 5) is 12.1. The summed E-state index contributed by atoms with van der Waals surface area (Å²) in [5.74, 6) is -0.0916. The Balaban J connectivity index is 2.69. The highest BCUT2D eigenvalue weighted by molar-refractivity contribution is 6.31. The molecular formula is C14H21ClN2O. The van der Waals surface area contributed by atoms with Gasteiger partial charge in [-0.25, -0.2) is 0 Å². The Bertz CT molecular complexity index is 424. The van der Waals surface area contributed by atoms with Crippen LogP contribution in [0, 0.1) is 5.41 Å². The molecule has 0 aromatic heterocycles. The van der Waals surface area contributed by atoms with Gasteiger partial charge in [-0.1, -0.05) is 32.4 Å². The van der Waals surface area contributed by atoms with Crippen molar-refractivity contribution in [2.45, 2.75) is 27.2 Å². The van der Waals surface area contributed by atoms with E-state index in [-0.39, 0.29) is 11.3 Å². The third-order valence-corrected chi connectivity index (χ3v) is 2.89. The number of rotatable bonds is 4. The Hall–Kier alpha value is -1.22. The molecule has 100 valence electrons. The molecule has 2 N–H and O–H groups in total. The second-order valence-corrected chi connectivity index (χ2v) is 5.94. The Morgan fingerprint density at radius 1 is 1.33 bits per heavy atom. The molecule has 1 aromatic rings. The predicted molar refractivity (Wildman–Crippen MR) is 77.4 cm³/mol. The first-order valence-electron chi connectivity index (χ1n) is 6.09. The Labute approximate surface area is 114 Å². The minimum absolute atomic E-state index is 0.0916. The first kappa shape index (κ1) is 14.8. The molecule has 0 atom stereocenters. The largest absolute Gasteiger partial charge is 0.387 e. The van der Waals surface area contributed by atoms with Crippen LogP contribution in [0.3, 0.4) is 0 Å². The second kappa shape index (κ2) is 6.10. The number of hydrogen-bond donors (Lipinski definition) is 2. The minimum Gasteiger partial charge on any atom is -0.387 e. The lowest BCUT2D eigenvalue weighted by molar-refractivity contribution is 0.0950. The molecule has 0 saturated heterocycles. The molecule has 0 unspecified atom stereocenters. The van der Waals surface area contributed by atoms with E-state index in [2.05, 4.69) is 31.4 Å². The van der Waals surface area contributed by atoms with E-state index in [1.165, 1.54) is 0 Å². The van der Waals surface area contributed by atoms with E-state index in [0.717, 1.165) is 12.1 Å². The van der Waals surface area contributed by atoms with Gasteiger partial charge in [0, 0.05) is 24.3 Å². The van der Waals surface area contributed by atoms with E-state index in [9.17, 15) is 4.79 Å². The van der Waals surface area contributed by atoms with Crippen LogP contribution in [0.15, 0.2) is 18.2 Å². The Morgan fingerprint density at radius 3 is 2.56 bits per heavy atom. The number of halogens is 1. The lowest BCUT2D eigenvalue weighted by Gasteiger charge is -2.18. The van der Waals surface area contributed by atoms with Crippen molar-refractivity contribution in [1.29, 1.82) is 0 Å². The van der Waals surface area contributed by atoms with Gasteiger partial charge in [0.05, 0.1) is 5.56 Å². The number of hydrogen-bond acceptors (Lipinski definition) is 2. The molecule has 18 heavy (non-hydrogen) atoms. The fourth-order valence-electron chi connectivity index (χ4n) is 1.57. The van der Waals surface area contributed by atoms with Gasteiger partial charge in [0.2, 0.25) is 0 Å². The van der Waals surface area contributed by atoms with E-state index >= 15 is 0 Å². The number of carbonyl (C=O) groups is 1. The molecule has 3 nitrogen and oxygen atoms in total. The quantitative estimate of drug-likeness (QED) is 0.877. The van der Waals surface area contributed by atoms with Crippen molar-refractivity contribution in [2.24, 2.45) is 5.41 Å². The van der Waals surface area contributed by atoms with E-state index in [1.54, 1.807) is 25.2 Å². The maximum absolute atomic E-state index is 12.1. The van der Waals surface area contributed by atoms with Crippen molar-refractivity contribution in [3.63, 3.8) is 0 Å². The maximum atomic E-state index is 12.1. The smallest absolute Gasteiger partial charge is 0.253 e. The highest BCUT2D eigenvalue weighted by atomic mass is 35.5. The van der Waals surface area contributed by atoms with Gasteiger partial charge in [-0.2, -0.15) is 0 Å². The van der Waals surface area contributed by atoms with Crippen molar-refractivity contribution in [2.75, 3.05) is 18.9 Å². The van der Waals surface area contributed by atoms with Crippen LogP contribution in [-0.4, -0.2) is 19.5 Å². The van der Waals surface area contributed by atoms with Crippen LogP contribution >= 0.6 is 11.6 Å². The summed E-state index contributed by atoms with van der Waals surface area (Å²) in [6.45, 7) is 7.12. The third-order valence-electron chi connectivity index (χ3n) is 2.66. The number of anilines is 1. The van der Waals surface area contributed by atoms with E-state index < -0.39 is 0 Å². The topological polar surface area (TPSA) is 41.1 Å². The average Bonchev–Trinajstić information content (AvgIpc) is 2.27. The van der Waals surface area contributed by atoms with Gasteiger partial charge < -0.3 is 10.6 Å². The van der Waals surface area contributed by atoms with Gasteiger partial charge >= 0.3 is 0 Å². The lowest BCUT2D eigenvalue weighted by Crippen LogP contribution is -2.27. The van der Waals surface area contributed by atoms with Crippen LogP contribution in [0.5, 0.6) is 0 Å². The van der Waals surface area contributed by atoms with E-state index in [1.807, 2.05) is 0 Å². The van der Waals surface area contributed by atoms with Crippen molar-refractivity contribution in [3.05, 3.63) is 28.8 Å². The summed E-state index contributed by atoms with van der Waals surface area (Å²) in [6.07, 6.45) is 0.939. The van der Waals surface area contributed by atoms with Crippen LogP contribution in [0.2, 0.25) is 5.02 Å². The minimum atomic E-state index is -0.0916. The molecule has 0 aliphatic heterocycles. The van der Waals surface area contributed by atoms with Crippen LogP contribution in [-0.2, 0) is 0 Å². The van der Waals surface area contributed by atoms with Crippen LogP contribution in [0.25, 0.3) is 0 Å². The maximum Gasteiger partial charge on any atom is 0.253 e. The zero-order chi connectivity index (χ0) is 13.8. The first-order chi connectivity index (χ1) is 8.33. The van der Waals surface area contributed by atoms with Gasteiger partial charge in [0.15, 0.2) is 0 Å². The molecular weight excluding hydrogens is 248 g/mol. The van der Waals surface area contributed by atoms with Crippen molar-refractivity contribution in [1.82, 2.24) is 5.32 Å². The number of carbonyl (C=O) groups excluding carboxylic acids is 1. The summed E-state index contributed by atoms with van der Waals surface area (Å²) < 4.78 is 0. The molecule has 0 bridgehead atoms. The molecule has 1 rings (SSSR count). The summed E-state index contributed by atoms with van der Waals surface area (Å²) >= 11 is 5.92. The van der Waals surface area contributed by atoms with E-state index in [0.29, 0.717) is 17.1 Å². The molecule has 0 aliphatic rings. The molecule has 0 fully saturated rings. The summed E-state index contributed by atoms with van der Waals surface area (Å²) in [7, 11) is 1.79. The fraction of sp³-hybridized carbons (Fsp3) is 0.500. The molecule has 0 aliphatic carbocycles. The number of amides is 1. The van der Waals surface area contributed by atoms with Gasteiger partial charge in [-0.3, -0.25) is 4.79 Å². The Morgan fingerprint density at radius 2 is 2.00 bits per heavy atom. The van der Waals surface area contributed by atoms with Gasteiger partial charge in [-0.15, -0.1) is 0 Å². The molecule has 1 aromatic carbocycles. The van der Waals surface area contributed by atoms with Crippen molar-refractivity contribution >= 4 is 23.2 Å². The second-order valence-electron chi connectivity index (χ2n) is 5.51. The molecule has 0 radical (unpaired) electrons. The molecule has 0 spiro atoms. The van der Waals surface area contributed by atoms with Crippen LogP contribution in [0.1, 0.15) is 37.6 Å². The molecule has 4 heteroatoms.